The fourth-order valence-electron chi connectivity index (χ4n) is 3.07. The van der Waals surface area contributed by atoms with Gasteiger partial charge in [-0.1, -0.05) is 43.7 Å². The first-order valence-corrected chi connectivity index (χ1v) is 10.3. The monoisotopic (exact) mass is 382 g/mol. The average Bonchev–Trinajstić information content (AvgIpc) is 2.64. The van der Waals surface area contributed by atoms with Gasteiger partial charge < -0.3 is 9.47 Å². The molecule has 0 fully saturated rings. The summed E-state index contributed by atoms with van der Waals surface area (Å²) in [6, 6.07) is 5.82. The van der Waals surface area contributed by atoms with Crippen LogP contribution < -0.4 is 9.47 Å². The van der Waals surface area contributed by atoms with E-state index in [-0.39, 0.29) is 11.5 Å². The van der Waals surface area contributed by atoms with E-state index in [4.69, 9.17) is 14.7 Å². The number of ether oxygens (including phenoxy) is 2. The molecule has 0 spiro atoms. The number of fused-ring (bicyclic) bond motifs is 1. The van der Waals surface area contributed by atoms with Gasteiger partial charge in [-0.3, -0.25) is 0 Å². The van der Waals surface area contributed by atoms with E-state index in [1.165, 1.54) is 32.1 Å². The van der Waals surface area contributed by atoms with E-state index in [9.17, 15) is 0 Å². The van der Waals surface area contributed by atoms with Crippen molar-refractivity contribution in [2.75, 3.05) is 5.94 Å². The summed E-state index contributed by atoms with van der Waals surface area (Å²) >= 11 is 0.868. The van der Waals surface area contributed by atoms with Crippen molar-refractivity contribution >= 4 is 12.0 Å². The second-order valence-electron chi connectivity index (χ2n) is 6.81. The number of unbranched alkanes of at least 4 members (excludes halogenated alkanes) is 5. The molecule has 1 heterocycles. The van der Waals surface area contributed by atoms with Gasteiger partial charge in [0.15, 0.2) is 5.94 Å². The lowest BCUT2D eigenvalue weighted by Crippen LogP contribution is -2.34. The van der Waals surface area contributed by atoms with Gasteiger partial charge in [-0.2, -0.15) is 0 Å². The minimum Gasteiger partial charge on any atom is -0.483 e. The first-order valence-electron chi connectivity index (χ1n) is 9.39. The Labute approximate surface area is 160 Å². The topological polar surface area (TPSA) is 57.2 Å². The van der Waals surface area contributed by atoms with Gasteiger partial charge in [-0.15, -0.1) is 4.33 Å². The third-order valence-electron chi connectivity index (χ3n) is 4.56. The van der Waals surface area contributed by atoms with Gasteiger partial charge in [0.1, 0.15) is 17.1 Å². The molecular weight excluding hydrogens is 352 g/mol. The number of benzene rings is 1. The van der Waals surface area contributed by atoms with Crippen LogP contribution in [0.1, 0.15) is 64.4 Å². The zero-order valence-corrected chi connectivity index (χ0v) is 16.6. The van der Waals surface area contributed by atoms with E-state index in [1.54, 1.807) is 0 Å². The summed E-state index contributed by atoms with van der Waals surface area (Å²) in [6.07, 6.45) is 14.1. The Bertz CT molecular complexity index is 563. The molecule has 1 N–H and O–H groups in total. The molecule has 0 aliphatic carbocycles. The summed E-state index contributed by atoms with van der Waals surface area (Å²) in [5.41, 5.74) is 0.915. The number of aryl methyl sites for hydroxylation is 1. The minimum atomic E-state index is -0.235. The average molecular weight is 383 g/mol. The molecule has 26 heavy (non-hydrogen) atoms. The van der Waals surface area contributed by atoms with Crippen LogP contribution in [0.2, 0.25) is 0 Å². The highest BCUT2D eigenvalue weighted by Gasteiger charge is 2.29. The summed E-state index contributed by atoms with van der Waals surface area (Å²) in [5, 5.41) is 11.6. The van der Waals surface area contributed by atoms with E-state index < -0.39 is 0 Å². The third kappa shape index (κ3) is 7.19. The number of allylic oxidation sites excluding steroid dienone is 1. The van der Waals surface area contributed by atoms with E-state index in [2.05, 4.69) is 35.4 Å². The van der Waals surface area contributed by atoms with E-state index in [0.717, 1.165) is 48.4 Å². The molecule has 1 unspecified atom stereocenters. The van der Waals surface area contributed by atoms with Gasteiger partial charge in [0, 0.05) is 0 Å². The molecule has 1 aromatic carbocycles. The maximum Gasteiger partial charge on any atom is 0.162 e. The maximum atomic E-state index is 8.08. The lowest BCUT2D eigenvalue weighted by atomic mass is 9.91. The Kier molecular flexibility index (Phi) is 9.32. The molecule has 146 valence electrons. The van der Waals surface area contributed by atoms with Crippen LogP contribution in [-0.2, 0) is 15.8 Å². The van der Waals surface area contributed by atoms with Crippen molar-refractivity contribution in [3.63, 3.8) is 0 Å². The lowest BCUT2D eigenvalue weighted by Gasteiger charge is -2.33. The second kappa shape index (κ2) is 11.5. The first kappa shape index (κ1) is 21.1. The normalized spacial score (nSPS) is 19.3. The molecule has 1 aliphatic rings. The van der Waals surface area contributed by atoms with Crippen LogP contribution in [-0.4, -0.2) is 16.8 Å². The molecule has 2 rings (SSSR count). The molecule has 0 saturated carbocycles. The third-order valence-corrected chi connectivity index (χ3v) is 4.93. The quantitative estimate of drug-likeness (QED) is 0.118. The van der Waals surface area contributed by atoms with Crippen molar-refractivity contribution in [1.82, 2.24) is 0 Å². The molecule has 1 aromatic rings. The number of rotatable bonds is 12. The fourth-order valence-corrected chi connectivity index (χ4v) is 3.34. The van der Waals surface area contributed by atoms with Gasteiger partial charge in [-0.05, 0) is 62.4 Å². The Morgan fingerprint density at radius 1 is 1.27 bits per heavy atom. The molecule has 1 atom stereocenters. The number of hydrogen-bond donors (Lipinski definition) is 1. The Morgan fingerprint density at radius 2 is 2.12 bits per heavy atom. The Hall–Kier alpha value is -1.21. The van der Waals surface area contributed by atoms with E-state index in [0.29, 0.717) is 0 Å². The molecule has 6 heteroatoms. The summed E-state index contributed by atoms with van der Waals surface area (Å²) in [5.74, 6) is 1.88. The van der Waals surface area contributed by atoms with Gasteiger partial charge in [0.05, 0.1) is 12.0 Å². The molecule has 0 saturated heterocycles. The fraction of sp³-hybridized carbons (Fsp3) is 0.600. The van der Waals surface area contributed by atoms with E-state index >= 15 is 0 Å². The van der Waals surface area contributed by atoms with Crippen molar-refractivity contribution in [2.24, 2.45) is 0 Å². The van der Waals surface area contributed by atoms with Crippen molar-refractivity contribution < 1.29 is 24.1 Å². The summed E-state index contributed by atoms with van der Waals surface area (Å²) in [4.78, 5) is 0. The van der Waals surface area contributed by atoms with Crippen LogP contribution >= 0.6 is 12.0 Å². The molecule has 5 nitrogen and oxygen atoms in total. The second-order valence-corrected chi connectivity index (χ2v) is 7.42. The molecule has 1 aliphatic heterocycles. The maximum absolute atomic E-state index is 8.08. The van der Waals surface area contributed by atoms with Gasteiger partial charge >= 0.3 is 0 Å². The SMILES string of the molecule is CCCCCCCC=CC1(C)CCc2cc(OCSOOO)ccc2O1. The van der Waals surface area contributed by atoms with Crippen LogP contribution in [0.25, 0.3) is 0 Å². The minimum absolute atomic E-state index is 0.221. The van der Waals surface area contributed by atoms with Crippen molar-refractivity contribution in [3.05, 3.63) is 35.9 Å². The standard InChI is InChI=1S/C20H30O5S/c1-3-4-5-6-7-8-9-13-20(2)14-12-17-15-18(10-11-19(17)23-20)22-16-26-25-24-21/h9-11,13,15,21H,3-8,12,14,16H2,1-2H3. The van der Waals surface area contributed by atoms with Gasteiger partial charge in [0.25, 0.3) is 0 Å². The predicted molar refractivity (Wildman–Crippen MR) is 104 cm³/mol. The molecule has 0 radical (unpaired) electrons. The summed E-state index contributed by atoms with van der Waals surface area (Å²) in [7, 11) is 0. The number of hydrogen-bond acceptors (Lipinski definition) is 6. The van der Waals surface area contributed by atoms with Crippen molar-refractivity contribution in [3.8, 4) is 11.5 Å². The summed E-state index contributed by atoms with van der Waals surface area (Å²) < 4.78 is 16.0. The smallest absolute Gasteiger partial charge is 0.162 e. The highest BCUT2D eigenvalue weighted by molar-refractivity contribution is 7.94. The zero-order valence-electron chi connectivity index (χ0n) is 15.7. The van der Waals surface area contributed by atoms with Crippen LogP contribution in [0.15, 0.2) is 30.4 Å². The largest absolute Gasteiger partial charge is 0.483 e. The van der Waals surface area contributed by atoms with Crippen LogP contribution in [0.5, 0.6) is 11.5 Å². The predicted octanol–water partition coefficient (Wildman–Crippen LogP) is 6.09. The molecule has 0 amide bonds. The first-order chi connectivity index (χ1) is 12.7. The van der Waals surface area contributed by atoms with Gasteiger partial charge in [0.2, 0.25) is 0 Å². The van der Waals surface area contributed by atoms with E-state index in [1.807, 2.05) is 18.2 Å². The highest BCUT2D eigenvalue weighted by atomic mass is 32.2. The molecule has 0 aromatic heterocycles. The van der Waals surface area contributed by atoms with Gasteiger partial charge in [-0.25, -0.2) is 5.26 Å². The van der Waals surface area contributed by atoms with Crippen molar-refractivity contribution in [2.45, 2.75) is 70.8 Å². The van der Waals surface area contributed by atoms with Crippen LogP contribution in [0.4, 0.5) is 0 Å². The molecule has 0 bridgehead atoms. The van der Waals surface area contributed by atoms with Crippen LogP contribution in [0.3, 0.4) is 0 Å². The molecular formula is C20H30O5S. The van der Waals surface area contributed by atoms with Crippen LogP contribution in [0, 0.1) is 0 Å². The highest BCUT2D eigenvalue weighted by Crippen LogP contribution is 2.36. The Morgan fingerprint density at radius 3 is 2.92 bits per heavy atom. The zero-order chi connectivity index (χ0) is 18.7. The Balaban J connectivity index is 1.80. The lowest BCUT2D eigenvalue weighted by molar-refractivity contribution is -0.432. The summed E-state index contributed by atoms with van der Waals surface area (Å²) in [6.45, 7) is 4.39. The van der Waals surface area contributed by atoms with Crippen molar-refractivity contribution in [1.29, 1.82) is 0 Å².